The Kier molecular flexibility index (Phi) is 7.63. The molecule has 0 radical (unpaired) electrons. The van der Waals surface area contributed by atoms with E-state index in [0.717, 1.165) is 5.56 Å². The molecule has 0 bridgehead atoms. The van der Waals surface area contributed by atoms with Crippen molar-refractivity contribution in [1.29, 1.82) is 0 Å². The highest BCUT2D eigenvalue weighted by molar-refractivity contribution is 7.89. The zero-order chi connectivity index (χ0) is 20.9. The van der Waals surface area contributed by atoms with Gasteiger partial charge >= 0.3 is 0 Å². The number of carbonyl (C=O) groups is 1. The molecule has 2 aromatic rings. The molecular formula is C21H27ClN2O3S. The second-order valence-electron chi connectivity index (χ2n) is 6.88. The van der Waals surface area contributed by atoms with E-state index in [2.05, 4.69) is 0 Å². The quantitative estimate of drug-likeness (QED) is 0.644. The van der Waals surface area contributed by atoms with Crippen LogP contribution in [0.15, 0.2) is 53.4 Å². The van der Waals surface area contributed by atoms with Crippen molar-refractivity contribution >= 4 is 27.5 Å². The van der Waals surface area contributed by atoms with Crippen molar-refractivity contribution in [2.45, 2.75) is 38.1 Å². The third kappa shape index (κ3) is 5.13. The van der Waals surface area contributed by atoms with E-state index in [1.807, 2.05) is 37.3 Å². The van der Waals surface area contributed by atoms with Crippen molar-refractivity contribution in [3.05, 3.63) is 64.7 Å². The Morgan fingerprint density at radius 1 is 1.11 bits per heavy atom. The molecule has 0 saturated heterocycles. The van der Waals surface area contributed by atoms with Crippen molar-refractivity contribution in [3.63, 3.8) is 0 Å². The molecule has 0 heterocycles. The summed E-state index contributed by atoms with van der Waals surface area (Å²) in [5.74, 6) is -0.271. The number of nitrogens with zero attached hydrogens (tertiary/aromatic N) is 2. The smallest absolute Gasteiger partial charge is 0.255 e. The van der Waals surface area contributed by atoms with Gasteiger partial charge in [-0.1, -0.05) is 41.9 Å². The predicted molar refractivity (Wildman–Crippen MR) is 113 cm³/mol. The van der Waals surface area contributed by atoms with Crippen LogP contribution in [0.25, 0.3) is 0 Å². The largest absolute Gasteiger partial charge is 0.339 e. The van der Waals surface area contributed by atoms with E-state index in [1.54, 1.807) is 18.7 Å². The zero-order valence-electron chi connectivity index (χ0n) is 16.7. The maximum Gasteiger partial charge on any atom is 0.255 e. The van der Waals surface area contributed by atoms with Crippen LogP contribution < -0.4 is 0 Å². The van der Waals surface area contributed by atoms with E-state index in [1.165, 1.54) is 29.6 Å². The summed E-state index contributed by atoms with van der Waals surface area (Å²) in [6, 6.07) is 14.0. The van der Waals surface area contributed by atoms with Crippen molar-refractivity contribution < 1.29 is 13.2 Å². The highest BCUT2D eigenvalue weighted by Crippen LogP contribution is 2.24. The molecule has 0 N–H and O–H groups in total. The Labute approximate surface area is 173 Å². The fourth-order valence-corrected chi connectivity index (χ4v) is 4.35. The van der Waals surface area contributed by atoms with Crippen LogP contribution in [0.3, 0.4) is 0 Å². The van der Waals surface area contributed by atoms with Crippen LogP contribution in [0.1, 0.15) is 36.7 Å². The number of sulfonamides is 1. The van der Waals surface area contributed by atoms with Crippen LogP contribution in [-0.2, 0) is 16.4 Å². The summed E-state index contributed by atoms with van der Waals surface area (Å²) in [4.78, 5) is 14.8. The summed E-state index contributed by atoms with van der Waals surface area (Å²) in [6.07, 6.45) is 0.714. The normalized spacial score (nSPS) is 11.8. The molecule has 0 aromatic heterocycles. The van der Waals surface area contributed by atoms with Gasteiger partial charge in [-0.2, -0.15) is 4.31 Å². The van der Waals surface area contributed by atoms with Crippen molar-refractivity contribution in [3.8, 4) is 0 Å². The zero-order valence-corrected chi connectivity index (χ0v) is 18.3. The molecule has 0 spiro atoms. The molecule has 0 fully saturated rings. The third-order valence-corrected chi connectivity index (χ3v) is 7.11. The van der Waals surface area contributed by atoms with E-state index >= 15 is 0 Å². The number of hydrogen-bond acceptors (Lipinski definition) is 3. The molecule has 5 nitrogen and oxygen atoms in total. The third-order valence-electron chi connectivity index (χ3n) is 4.75. The monoisotopic (exact) mass is 422 g/mol. The first-order valence-corrected chi connectivity index (χ1v) is 11.1. The lowest BCUT2D eigenvalue weighted by Gasteiger charge is -2.23. The average molecular weight is 423 g/mol. The van der Waals surface area contributed by atoms with E-state index in [9.17, 15) is 13.2 Å². The van der Waals surface area contributed by atoms with Crippen LogP contribution in [0.4, 0.5) is 0 Å². The number of likely N-dealkylation sites (N-methyl/N-ethyl adjacent to an activating group) is 1. The second kappa shape index (κ2) is 9.54. The molecule has 152 valence electrons. The first kappa shape index (κ1) is 22.4. The van der Waals surface area contributed by atoms with Gasteiger partial charge in [-0.15, -0.1) is 0 Å². The Bertz CT molecular complexity index is 915. The summed E-state index contributed by atoms with van der Waals surface area (Å²) in [6.45, 7) is 6.51. The fraction of sp³-hybridized carbons (Fsp3) is 0.381. The first-order valence-electron chi connectivity index (χ1n) is 9.29. The molecule has 0 saturated carbocycles. The van der Waals surface area contributed by atoms with Gasteiger partial charge in [0.05, 0.1) is 15.5 Å². The highest BCUT2D eigenvalue weighted by Gasteiger charge is 2.26. The molecule has 7 heteroatoms. The summed E-state index contributed by atoms with van der Waals surface area (Å²) < 4.78 is 26.8. The lowest BCUT2D eigenvalue weighted by molar-refractivity contribution is 0.0766. The number of halogens is 1. The van der Waals surface area contributed by atoms with Crippen molar-refractivity contribution in [1.82, 2.24) is 9.21 Å². The predicted octanol–water partition coefficient (Wildman–Crippen LogP) is 4.07. The van der Waals surface area contributed by atoms with Crippen molar-refractivity contribution in [2.24, 2.45) is 0 Å². The minimum absolute atomic E-state index is 0.0653. The maximum atomic E-state index is 13.0. The number of benzene rings is 2. The second-order valence-corrected chi connectivity index (χ2v) is 9.28. The molecule has 0 aliphatic carbocycles. The van der Waals surface area contributed by atoms with Gasteiger partial charge < -0.3 is 4.90 Å². The topological polar surface area (TPSA) is 57.7 Å². The Balaban J connectivity index is 2.28. The number of hydrogen-bond donors (Lipinski definition) is 0. The SMILES string of the molecule is CCN(CCc1ccccc1)C(=O)c1cc(S(=O)(=O)N(C)C(C)C)ccc1Cl. The molecule has 0 aliphatic rings. The van der Waals surface area contributed by atoms with Crippen LogP contribution in [0, 0.1) is 0 Å². The maximum absolute atomic E-state index is 13.0. The van der Waals surface area contributed by atoms with E-state index < -0.39 is 10.0 Å². The van der Waals surface area contributed by atoms with Crippen LogP contribution >= 0.6 is 11.6 Å². The molecular weight excluding hydrogens is 396 g/mol. The van der Waals surface area contributed by atoms with Gasteiger partial charge in [-0.3, -0.25) is 4.79 Å². The lowest BCUT2D eigenvalue weighted by atomic mass is 10.1. The molecule has 2 rings (SSSR count). The van der Waals surface area contributed by atoms with Gasteiger partial charge in [0.15, 0.2) is 0 Å². The molecule has 0 aliphatic heterocycles. The summed E-state index contributed by atoms with van der Waals surface area (Å²) in [5.41, 5.74) is 1.34. The Morgan fingerprint density at radius 2 is 1.75 bits per heavy atom. The fourth-order valence-electron chi connectivity index (χ4n) is 2.75. The minimum atomic E-state index is -3.69. The lowest BCUT2D eigenvalue weighted by Crippen LogP contribution is -2.34. The standard InChI is InChI=1S/C21H27ClN2O3S/c1-5-24(14-13-17-9-7-6-8-10-17)21(25)19-15-18(11-12-20(19)22)28(26,27)23(4)16(2)3/h6-12,15-16H,5,13-14H2,1-4H3. The van der Waals surface area contributed by atoms with Gasteiger partial charge in [0, 0.05) is 26.2 Å². The molecule has 0 atom stereocenters. The number of rotatable bonds is 8. The van der Waals surface area contributed by atoms with E-state index in [-0.39, 0.29) is 27.4 Å². The van der Waals surface area contributed by atoms with Crippen LogP contribution in [-0.4, -0.2) is 49.7 Å². The number of carbonyl (C=O) groups excluding carboxylic acids is 1. The van der Waals surface area contributed by atoms with E-state index in [4.69, 9.17) is 11.6 Å². The molecule has 1 amide bonds. The van der Waals surface area contributed by atoms with Crippen LogP contribution in [0.5, 0.6) is 0 Å². The Morgan fingerprint density at radius 3 is 2.32 bits per heavy atom. The van der Waals surface area contributed by atoms with Crippen LogP contribution in [0.2, 0.25) is 5.02 Å². The molecule has 0 unspecified atom stereocenters. The van der Waals surface area contributed by atoms with Gasteiger partial charge in [-0.05, 0) is 51.0 Å². The first-order chi connectivity index (χ1) is 13.2. The van der Waals surface area contributed by atoms with Gasteiger partial charge in [-0.25, -0.2) is 8.42 Å². The van der Waals surface area contributed by atoms with Gasteiger partial charge in [0.2, 0.25) is 10.0 Å². The average Bonchev–Trinajstić information content (AvgIpc) is 2.68. The van der Waals surface area contributed by atoms with Gasteiger partial charge in [0.1, 0.15) is 0 Å². The summed E-state index contributed by atoms with van der Waals surface area (Å²) in [7, 11) is -2.17. The molecule has 28 heavy (non-hydrogen) atoms. The molecule has 2 aromatic carbocycles. The van der Waals surface area contributed by atoms with Crippen molar-refractivity contribution in [2.75, 3.05) is 20.1 Å². The highest BCUT2D eigenvalue weighted by atomic mass is 35.5. The van der Waals surface area contributed by atoms with E-state index in [0.29, 0.717) is 19.5 Å². The summed E-state index contributed by atoms with van der Waals surface area (Å²) in [5, 5.41) is 0.245. The minimum Gasteiger partial charge on any atom is -0.339 e. The van der Waals surface area contributed by atoms with Gasteiger partial charge in [0.25, 0.3) is 5.91 Å². The Hall–Kier alpha value is -1.89. The number of amides is 1. The summed E-state index contributed by atoms with van der Waals surface area (Å²) >= 11 is 6.25.